The molecule has 1 aromatic heterocycles. The number of hydrogen-bond donors (Lipinski definition) is 1. The molecule has 2 aromatic rings. The Bertz CT molecular complexity index is 792. The fraction of sp³-hybridized carbons (Fsp3) is 0.421. The van der Waals surface area contributed by atoms with E-state index in [0.717, 1.165) is 49.7 Å². The van der Waals surface area contributed by atoms with E-state index in [9.17, 15) is 0 Å². The highest BCUT2D eigenvalue weighted by Gasteiger charge is 2.24. The molecule has 8 heteroatoms. The minimum atomic E-state index is 0.587. The highest BCUT2D eigenvalue weighted by atomic mass is 35.5. The van der Waals surface area contributed by atoms with Crippen LogP contribution >= 0.6 is 36.0 Å². The van der Waals surface area contributed by atoms with Crippen LogP contribution in [-0.2, 0) is 6.42 Å². The van der Waals surface area contributed by atoms with Crippen molar-refractivity contribution in [2.45, 2.75) is 20.3 Å². The smallest absolute Gasteiger partial charge is 0.240 e. The van der Waals surface area contributed by atoms with Gasteiger partial charge in [-0.3, -0.25) is 0 Å². The van der Waals surface area contributed by atoms with Gasteiger partial charge in [-0.2, -0.15) is 0 Å². The number of piperazine rings is 1. The number of aromatic nitrogens is 1. The molecule has 1 aromatic carbocycles. The first-order chi connectivity index (χ1) is 12.9. The standard InChI is InChI=1S/C19H24Cl2N4OS/c1-4-14-9-18(19(26-3)22-13(14)2)25(27)24-7-5-23(6-8-24)17-11-15(20)10-16(21)12-17/h9-12,27H,4-8H2,1-3H3. The predicted octanol–water partition coefficient (Wildman–Crippen LogP) is 4.66. The molecule has 0 N–H and O–H groups in total. The van der Waals surface area contributed by atoms with Gasteiger partial charge in [-0.15, -0.1) is 0 Å². The maximum Gasteiger partial charge on any atom is 0.240 e. The van der Waals surface area contributed by atoms with E-state index in [1.165, 1.54) is 5.56 Å². The molecule has 0 amide bonds. The molecule has 3 rings (SSSR count). The molecule has 146 valence electrons. The summed E-state index contributed by atoms with van der Waals surface area (Å²) >= 11 is 17.0. The SMILES string of the molecule is CCc1cc(N(S)N2CCN(c3cc(Cl)cc(Cl)c3)CC2)c(OC)nc1C. The minimum Gasteiger partial charge on any atom is -0.479 e. The third-order valence-corrected chi connectivity index (χ3v) is 5.70. The van der Waals surface area contributed by atoms with Crippen molar-refractivity contribution >= 4 is 47.4 Å². The molecule has 0 atom stereocenters. The summed E-state index contributed by atoms with van der Waals surface area (Å²) in [7, 11) is 1.64. The number of pyridine rings is 1. The first kappa shape index (κ1) is 20.4. The lowest BCUT2D eigenvalue weighted by Crippen LogP contribution is -2.51. The second-order valence-electron chi connectivity index (χ2n) is 6.47. The van der Waals surface area contributed by atoms with Gasteiger partial charge in [0.2, 0.25) is 5.88 Å². The molecular formula is C19H24Cl2N4OS. The fourth-order valence-electron chi connectivity index (χ4n) is 3.28. The van der Waals surface area contributed by atoms with Crippen molar-refractivity contribution < 1.29 is 4.74 Å². The number of thiol groups is 1. The van der Waals surface area contributed by atoms with Crippen LogP contribution in [0.15, 0.2) is 24.3 Å². The Morgan fingerprint density at radius 3 is 2.30 bits per heavy atom. The number of nitrogens with zero attached hydrogens (tertiary/aromatic N) is 4. The van der Waals surface area contributed by atoms with E-state index in [1.807, 2.05) is 23.5 Å². The van der Waals surface area contributed by atoms with Crippen LogP contribution in [0.25, 0.3) is 0 Å². The number of rotatable bonds is 5. The lowest BCUT2D eigenvalue weighted by atomic mass is 10.1. The first-order valence-corrected chi connectivity index (χ1v) is 10.1. The Labute approximate surface area is 176 Å². The highest BCUT2D eigenvalue weighted by Crippen LogP contribution is 2.32. The molecule has 0 spiro atoms. The van der Waals surface area contributed by atoms with Crippen molar-refractivity contribution in [3.8, 4) is 5.88 Å². The van der Waals surface area contributed by atoms with E-state index in [4.69, 9.17) is 40.8 Å². The maximum atomic E-state index is 6.14. The van der Waals surface area contributed by atoms with Gasteiger partial charge < -0.3 is 9.64 Å². The zero-order valence-corrected chi connectivity index (χ0v) is 18.2. The van der Waals surface area contributed by atoms with Gasteiger partial charge in [-0.25, -0.2) is 14.4 Å². The molecular weight excluding hydrogens is 403 g/mol. The van der Waals surface area contributed by atoms with Crippen molar-refractivity contribution in [2.75, 3.05) is 42.6 Å². The Morgan fingerprint density at radius 2 is 1.74 bits per heavy atom. The van der Waals surface area contributed by atoms with Crippen molar-refractivity contribution in [3.63, 3.8) is 0 Å². The lowest BCUT2D eigenvalue weighted by molar-refractivity contribution is 0.276. The number of methoxy groups -OCH3 is 1. The molecule has 1 aliphatic heterocycles. The molecule has 0 radical (unpaired) electrons. The van der Waals surface area contributed by atoms with Gasteiger partial charge in [-0.05, 0) is 56.0 Å². The summed E-state index contributed by atoms with van der Waals surface area (Å²) in [5, 5.41) is 3.48. The van der Waals surface area contributed by atoms with Crippen LogP contribution < -0.4 is 14.1 Å². The summed E-state index contributed by atoms with van der Waals surface area (Å²) in [6, 6.07) is 7.75. The zero-order valence-electron chi connectivity index (χ0n) is 15.7. The minimum absolute atomic E-state index is 0.587. The van der Waals surface area contributed by atoms with E-state index in [1.54, 1.807) is 13.2 Å². The topological polar surface area (TPSA) is 31.8 Å². The maximum absolute atomic E-state index is 6.14. The van der Waals surface area contributed by atoms with Crippen LogP contribution in [0, 0.1) is 6.92 Å². The summed E-state index contributed by atoms with van der Waals surface area (Å²) in [5.41, 5.74) is 4.09. The second-order valence-corrected chi connectivity index (χ2v) is 7.72. The number of halogens is 2. The van der Waals surface area contributed by atoms with Crippen molar-refractivity contribution in [1.29, 1.82) is 0 Å². The van der Waals surface area contributed by atoms with Crippen LogP contribution in [0.3, 0.4) is 0 Å². The van der Waals surface area contributed by atoms with Gasteiger partial charge in [0.05, 0.1) is 7.11 Å². The van der Waals surface area contributed by atoms with Gasteiger partial charge in [0.15, 0.2) is 0 Å². The Balaban J connectivity index is 1.74. The van der Waals surface area contributed by atoms with Crippen LogP contribution in [0.2, 0.25) is 10.0 Å². The number of hydrogen-bond acceptors (Lipinski definition) is 6. The summed E-state index contributed by atoms with van der Waals surface area (Å²) in [6.45, 7) is 7.44. The summed E-state index contributed by atoms with van der Waals surface area (Å²) in [5.74, 6) is 0.587. The Hall–Kier alpha value is -1.34. The Kier molecular flexibility index (Phi) is 6.63. The summed E-state index contributed by atoms with van der Waals surface area (Å²) in [6.07, 6.45) is 0.917. The van der Waals surface area contributed by atoms with E-state index in [2.05, 4.69) is 27.9 Å². The van der Waals surface area contributed by atoms with E-state index in [-0.39, 0.29) is 0 Å². The van der Waals surface area contributed by atoms with Gasteiger partial charge in [0.25, 0.3) is 0 Å². The zero-order chi connectivity index (χ0) is 19.6. The van der Waals surface area contributed by atoms with Crippen molar-refractivity contribution in [3.05, 3.63) is 45.6 Å². The van der Waals surface area contributed by atoms with Gasteiger partial charge in [0.1, 0.15) is 5.69 Å². The lowest BCUT2D eigenvalue weighted by Gasteiger charge is -2.40. The average molecular weight is 427 g/mol. The predicted molar refractivity (Wildman–Crippen MR) is 117 cm³/mol. The van der Waals surface area contributed by atoms with Crippen LogP contribution in [0.1, 0.15) is 18.2 Å². The molecule has 1 saturated heterocycles. The van der Waals surface area contributed by atoms with Gasteiger partial charge in [-0.1, -0.05) is 30.1 Å². The monoisotopic (exact) mass is 426 g/mol. The molecule has 0 saturated carbocycles. The molecule has 1 fully saturated rings. The summed E-state index contributed by atoms with van der Waals surface area (Å²) in [4.78, 5) is 6.86. The number of aryl methyl sites for hydroxylation is 2. The van der Waals surface area contributed by atoms with E-state index < -0.39 is 0 Å². The second kappa shape index (κ2) is 8.78. The first-order valence-electron chi connectivity index (χ1n) is 8.92. The van der Waals surface area contributed by atoms with Crippen LogP contribution in [0.5, 0.6) is 5.88 Å². The van der Waals surface area contributed by atoms with Gasteiger partial charge >= 0.3 is 0 Å². The molecule has 5 nitrogen and oxygen atoms in total. The molecule has 2 heterocycles. The van der Waals surface area contributed by atoms with Crippen LogP contribution in [0.4, 0.5) is 11.4 Å². The number of benzene rings is 1. The number of ether oxygens (including phenoxy) is 1. The molecule has 0 unspecified atom stereocenters. The fourth-order valence-corrected chi connectivity index (χ4v) is 4.12. The van der Waals surface area contributed by atoms with Crippen LogP contribution in [-0.4, -0.2) is 43.3 Å². The molecule has 27 heavy (non-hydrogen) atoms. The summed E-state index contributed by atoms with van der Waals surface area (Å²) < 4.78 is 7.34. The molecule has 0 bridgehead atoms. The van der Waals surface area contributed by atoms with E-state index >= 15 is 0 Å². The Morgan fingerprint density at radius 1 is 1.11 bits per heavy atom. The largest absolute Gasteiger partial charge is 0.479 e. The number of hydrazine groups is 1. The van der Waals surface area contributed by atoms with E-state index in [0.29, 0.717) is 15.9 Å². The van der Waals surface area contributed by atoms with Crippen molar-refractivity contribution in [1.82, 2.24) is 9.99 Å². The van der Waals surface area contributed by atoms with Gasteiger partial charge in [0, 0.05) is 47.6 Å². The highest BCUT2D eigenvalue weighted by molar-refractivity contribution is 7.81. The third-order valence-electron chi connectivity index (χ3n) is 4.79. The third kappa shape index (κ3) is 4.57. The van der Waals surface area contributed by atoms with Crippen molar-refractivity contribution in [2.24, 2.45) is 0 Å². The average Bonchev–Trinajstić information content (AvgIpc) is 2.66. The normalized spacial score (nSPS) is 15.1. The molecule has 1 aliphatic rings. The number of anilines is 2. The quantitative estimate of drug-likeness (QED) is 0.702. The molecule has 0 aliphatic carbocycles.